The Morgan fingerprint density at radius 2 is 2.00 bits per heavy atom. The van der Waals surface area contributed by atoms with E-state index in [4.69, 9.17) is 11.6 Å². The molecule has 5 heteroatoms. The number of anilines is 1. The predicted molar refractivity (Wildman–Crippen MR) is 92.1 cm³/mol. The molecule has 2 aromatic carbocycles. The molecule has 0 fully saturated rings. The molecule has 3 aromatic rings. The van der Waals surface area contributed by atoms with Gasteiger partial charge in [0.25, 0.3) is 0 Å². The maximum absolute atomic E-state index is 12.2. The summed E-state index contributed by atoms with van der Waals surface area (Å²) >= 11 is 5.97. The van der Waals surface area contributed by atoms with E-state index >= 15 is 0 Å². The Hall–Kier alpha value is -2.59. The number of para-hydroxylation sites is 1. The third kappa shape index (κ3) is 3.79. The molecule has 0 spiro atoms. The van der Waals surface area contributed by atoms with Crippen LogP contribution in [0.4, 0.5) is 5.69 Å². The molecule has 23 heavy (non-hydrogen) atoms. The van der Waals surface area contributed by atoms with Crippen LogP contribution in [0, 0.1) is 6.92 Å². The van der Waals surface area contributed by atoms with Gasteiger partial charge in [-0.25, -0.2) is 4.68 Å². The van der Waals surface area contributed by atoms with Crippen LogP contribution in [0.15, 0.2) is 60.9 Å². The average molecular weight is 326 g/mol. The van der Waals surface area contributed by atoms with Gasteiger partial charge in [-0.05, 0) is 42.3 Å². The van der Waals surface area contributed by atoms with Gasteiger partial charge in [0.1, 0.15) is 0 Å². The first-order valence-electron chi connectivity index (χ1n) is 7.27. The Morgan fingerprint density at radius 1 is 1.22 bits per heavy atom. The topological polar surface area (TPSA) is 46.9 Å². The maximum atomic E-state index is 12.2. The van der Waals surface area contributed by atoms with Crippen molar-refractivity contribution >= 4 is 23.2 Å². The third-order valence-electron chi connectivity index (χ3n) is 3.50. The summed E-state index contributed by atoms with van der Waals surface area (Å²) in [7, 11) is 0. The first kappa shape index (κ1) is 15.3. The second-order valence-corrected chi connectivity index (χ2v) is 5.75. The standard InChI is InChI=1S/C18H16ClN3O/c1-13-7-8-15(19)10-17(13)21-18(23)9-14-11-20-22(12-14)16-5-3-2-4-6-16/h2-8,10-12H,9H2,1H3,(H,21,23). The van der Waals surface area contributed by atoms with Crippen LogP contribution in [0.25, 0.3) is 5.69 Å². The molecule has 3 rings (SSSR count). The van der Waals surface area contributed by atoms with Crippen LogP contribution >= 0.6 is 11.6 Å². The van der Waals surface area contributed by atoms with Crippen molar-refractivity contribution in [3.63, 3.8) is 0 Å². The molecule has 0 aliphatic heterocycles. The molecule has 1 N–H and O–H groups in total. The van der Waals surface area contributed by atoms with Crippen molar-refractivity contribution in [2.75, 3.05) is 5.32 Å². The third-order valence-corrected chi connectivity index (χ3v) is 3.73. The second kappa shape index (κ2) is 6.67. The fraction of sp³-hybridized carbons (Fsp3) is 0.111. The van der Waals surface area contributed by atoms with E-state index in [1.807, 2.05) is 49.5 Å². The number of nitrogens with zero attached hydrogens (tertiary/aromatic N) is 2. The van der Waals surface area contributed by atoms with Gasteiger partial charge in [0.15, 0.2) is 0 Å². The molecular weight excluding hydrogens is 310 g/mol. The van der Waals surface area contributed by atoms with Crippen LogP contribution in [0.5, 0.6) is 0 Å². The van der Waals surface area contributed by atoms with E-state index in [1.54, 1.807) is 23.0 Å². The largest absolute Gasteiger partial charge is 0.326 e. The number of rotatable bonds is 4. The van der Waals surface area contributed by atoms with E-state index in [2.05, 4.69) is 10.4 Å². The molecule has 0 saturated heterocycles. The molecule has 0 radical (unpaired) electrons. The molecule has 0 aliphatic rings. The number of amides is 1. The quantitative estimate of drug-likeness (QED) is 0.787. The van der Waals surface area contributed by atoms with Crippen LogP contribution in [0.1, 0.15) is 11.1 Å². The zero-order valence-corrected chi connectivity index (χ0v) is 13.4. The first-order chi connectivity index (χ1) is 11.1. The van der Waals surface area contributed by atoms with Crippen molar-refractivity contribution in [2.24, 2.45) is 0 Å². The van der Waals surface area contributed by atoms with Gasteiger partial charge in [0.05, 0.1) is 18.3 Å². The molecule has 0 bridgehead atoms. The van der Waals surface area contributed by atoms with E-state index < -0.39 is 0 Å². The number of halogens is 1. The number of aromatic nitrogens is 2. The highest BCUT2D eigenvalue weighted by molar-refractivity contribution is 6.31. The van der Waals surface area contributed by atoms with E-state index in [0.717, 1.165) is 22.5 Å². The summed E-state index contributed by atoms with van der Waals surface area (Å²) in [6.45, 7) is 1.93. The molecule has 4 nitrogen and oxygen atoms in total. The van der Waals surface area contributed by atoms with Gasteiger partial charge in [-0.2, -0.15) is 5.10 Å². The van der Waals surface area contributed by atoms with Crippen molar-refractivity contribution < 1.29 is 4.79 Å². The van der Waals surface area contributed by atoms with Gasteiger partial charge in [-0.3, -0.25) is 4.79 Å². The van der Waals surface area contributed by atoms with Crippen LogP contribution < -0.4 is 5.32 Å². The number of carbonyl (C=O) groups is 1. The SMILES string of the molecule is Cc1ccc(Cl)cc1NC(=O)Cc1cnn(-c2ccccc2)c1. The normalized spacial score (nSPS) is 10.5. The van der Waals surface area contributed by atoms with Crippen molar-refractivity contribution in [1.29, 1.82) is 0 Å². The van der Waals surface area contributed by atoms with Crippen LogP contribution in [-0.4, -0.2) is 15.7 Å². The molecule has 0 aliphatic carbocycles. The predicted octanol–water partition coefficient (Wildman–Crippen LogP) is 4.02. The van der Waals surface area contributed by atoms with Crippen molar-refractivity contribution in [2.45, 2.75) is 13.3 Å². The van der Waals surface area contributed by atoms with Gasteiger partial charge < -0.3 is 5.32 Å². The lowest BCUT2D eigenvalue weighted by Crippen LogP contribution is -2.14. The number of hydrogen-bond acceptors (Lipinski definition) is 2. The first-order valence-corrected chi connectivity index (χ1v) is 7.64. The van der Waals surface area contributed by atoms with Gasteiger partial charge in [-0.15, -0.1) is 0 Å². The molecule has 0 saturated carbocycles. The minimum absolute atomic E-state index is 0.0945. The summed E-state index contributed by atoms with van der Waals surface area (Å²) in [4.78, 5) is 12.2. The molecule has 0 atom stereocenters. The Kier molecular flexibility index (Phi) is 4.44. The van der Waals surface area contributed by atoms with Gasteiger partial charge in [-0.1, -0.05) is 35.9 Å². The number of nitrogens with one attached hydrogen (secondary N) is 1. The van der Waals surface area contributed by atoms with Gasteiger partial charge >= 0.3 is 0 Å². The van der Waals surface area contributed by atoms with Crippen molar-refractivity contribution in [3.8, 4) is 5.69 Å². The van der Waals surface area contributed by atoms with Crippen LogP contribution in [-0.2, 0) is 11.2 Å². The number of carbonyl (C=O) groups excluding carboxylic acids is 1. The molecule has 0 unspecified atom stereocenters. The number of hydrogen-bond donors (Lipinski definition) is 1. The van der Waals surface area contributed by atoms with Gasteiger partial charge in [0.2, 0.25) is 5.91 Å². The summed E-state index contributed by atoms with van der Waals surface area (Å²) in [5.41, 5.74) is 3.52. The summed E-state index contributed by atoms with van der Waals surface area (Å²) in [5, 5.41) is 7.78. The summed E-state index contributed by atoms with van der Waals surface area (Å²) in [6, 6.07) is 15.2. The fourth-order valence-corrected chi connectivity index (χ4v) is 2.45. The maximum Gasteiger partial charge on any atom is 0.228 e. The van der Waals surface area contributed by atoms with Gasteiger partial charge in [0, 0.05) is 16.9 Å². The fourth-order valence-electron chi connectivity index (χ4n) is 2.28. The van der Waals surface area contributed by atoms with E-state index in [-0.39, 0.29) is 12.3 Å². The van der Waals surface area contributed by atoms with Crippen LogP contribution in [0.2, 0.25) is 5.02 Å². The van der Waals surface area contributed by atoms with Crippen molar-refractivity contribution in [1.82, 2.24) is 9.78 Å². The highest BCUT2D eigenvalue weighted by Crippen LogP contribution is 2.20. The Balaban J connectivity index is 1.69. The molecule has 1 amide bonds. The zero-order valence-electron chi connectivity index (χ0n) is 12.7. The minimum Gasteiger partial charge on any atom is -0.326 e. The summed E-state index contributed by atoms with van der Waals surface area (Å²) in [5.74, 6) is -0.0945. The van der Waals surface area contributed by atoms with Crippen molar-refractivity contribution in [3.05, 3.63) is 77.1 Å². The lowest BCUT2D eigenvalue weighted by Gasteiger charge is -2.08. The highest BCUT2D eigenvalue weighted by Gasteiger charge is 2.09. The van der Waals surface area contributed by atoms with E-state index in [0.29, 0.717) is 5.02 Å². The lowest BCUT2D eigenvalue weighted by atomic mass is 10.2. The lowest BCUT2D eigenvalue weighted by molar-refractivity contribution is -0.115. The smallest absolute Gasteiger partial charge is 0.228 e. The summed E-state index contributed by atoms with van der Waals surface area (Å²) in [6.07, 6.45) is 3.83. The van der Waals surface area contributed by atoms with Crippen LogP contribution in [0.3, 0.4) is 0 Å². The molecule has 1 aromatic heterocycles. The molecule has 1 heterocycles. The zero-order chi connectivity index (χ0) is 16.2. The second-order valence-electron chi connectivity index (χ2n) is 5.31. The Morgan fingerprint density at radius 3 is 2.78 bits per heavy atom. The number of benzene rings is 2. The monoisotopic (exact) mass is 325 g/mol. The highest BCUT2D eigenvalue weighted by atomic mass is 35.5. The molecular formula is C18H16ClN3O. The Bertz CT molecular complexity index is 827. The number of aryl methyl sites for hydroxylation is 1. The van der Waals surface area contributed by atoms with E-state index in [1.165, 1.54) is 0 Å². The molecule has 116 valence electrons. The summed E-state index contributed by atoms with van der Waals surface area (Å²) < 4.78 is 1.76. The van der Waals surface area contributed by atoms with E-state index in [9.17, 15) is 4.79 Å². The minimum atomic E-state index is -0.0945. The Labute approximate surface area is 139 Å². The average Bonchev–Trinajstić information content (AvgIpc) is 3.00.